The summed E-state index contributed by atoms with van der Waals surface area (Å²) in [5.74, 6) is 0.681. The molecule has 0 amide bonds. The van der Waals surface area contributed by atoms with Crippen molar-refractivity contribution in [1.29, 1.82) is 0 Å². The van der Waals surface area contributed by atoms with Crippen molar-refractivity contribution in [3.63, 3.8) is 0 Å². The van der Waals surface area contributed by atoms with Gasteiger partial charge in [0.15, 0.2) is 8.38 Å². The quantitative estimate of drug-likeness (QED) is 0.599. The van der Waals surface area contributed by atoms with Crippen molar-refractivity contribution in [3.05, 3.63) is 0 Å². The van der Waals surface area contributed by atoms with Gasteiger partial charge in [-0.2, -0.15) is 0 Å². The molecule has 3 heteroatoms. The molecule has 0 aliphatic heterocycles. The number of rotatable bonds is 4. The third kappa shape index (κ3) is 8.35. The van der Waals surface area contributed by atoms with Crippen LogP contribution in [0.1, 0.15) is 26.7 Å². The molecule has 0 aliphatic carbocycles. The van der Waals surface area contributed by atoms with Gasteiger partial charge in [0.05, 0.1) is 0 Å². The van der Waals surface area contributed by atoms with Crippen LogP contribution in [-0.2, 0) is 0 Å². The van der Waals surface area contributed by atoms with Gasteiger partial charge in [-0.25, -0.2) is 0 Å². The van der Waals surface area contributed by atoms with Crippen LogP contribution >= 0.6 is 8.38 Å². The van der Waals surface area contributed by atoms with E-state index in [4.69, 9.17) is 9.79 Å². The van der Waals surface area contributed by atoms with Crippen molar-refractivity contribution >= 4 is 8.38 Å². The topological polar surface area (TPSA) is 40.5 Å². The monoisotopic (exact) mass is 150 g/mol. The van der Waals surface area contributed by atoms with E-state index in [-0.39, 0.29) is 0 Å². The predicted octanol–water partition coefficient (Wildman–Crippen LogP) is 1.72. The Balaban J connectivity index is 2.91. The second-order valence-electron chi connectivity index (χ2n) is 2.63. The highest BCUT2D eigenvalue weighted by molar-refractivity contribution is 7.45. The molecular formula is C6H15O2P. The predicted molar refractivity (Wildman–Crippen MR) is 40.3 cm³/mol. The molecule has 0 fully saturated rings. The molecule has 0 saturated heterocycles. The minimum atomic E-state index is -1.63. The fraction of sp³-hybridized carbons (Fsp3) is 1.00. The van der Waals surface area contributed by atoms with Gasteiger partial charge in [0.25, 0.3) is 0 Å². The molecule has 9 heavy (non-hydrogen) atoms. The summed E-state index contributed by atoms with van der Waals surface area (Å²) in [5, 5.41) is 0. The second kappa shape index (κ2) is 5.16. The summed E-state index contributed by atoms with van der Waals surface area (Å²) in [6, 6.07) is 0. The third-order valence-corrected chi connectivity index (χ3v) is 1.86. The van der Waals surface area contributed by atoms with Crippen molar-refractivity contribution in [2.24, 2.45) is 5.92 Å². The Kier molecular flexibility index (Phi) is 5.36. The molecule has 0 heterocycles. The summed E-state index contributed by atoms with van der Waals surface area (Å²) in [7, 11) is -1.63. The molecular weight excluding hydrogens is 135 g/mol. The van der Waals surface area contributed by atoms with Gasteiger partial charge in [0.1, 0.15) is 0 Å². The largest absolute Gasteiger partial charge is 0.350 e. The molecule has 0 unspecified atom stereocenters. The van der Waals surface area contributed by atoms with Crippen LogP contribution < -0.4 is 0 Å². The van der Waals surface area contributed by atoms with Gasteiger partial charge in [0.2, 0.25) is 0 Å². The van der Waals surface area contributed by atoms with Gasteiger partial charge in [-0.05, 0) is 12.3 Å². The fourth-order valence-corrected chi connectivity index (χ4v) is 1.11. The molecule has 0 atom stereocenters. The Morgan fingerprint density at radius 2 is 1.89 bits per heavy atom. The summed E-state index contributed by atoms with van der Waals surface area (Å²) in [4.78, 5) is 17.0. The summed E-state index contributed by atoms with van der Waals surface area (Å²) in [5.41, 5.74) is 0. The van der Waals surface area contributed by atoms with Crippen LogP contribution in [0.25, 0.3) is 0 Å². The van der Waals surface area contributed by atoms with Crippen LogP contribution in [0.15, 0.2) is 0 Å². The highest BCUT2D eigenvalue weighted by Gasteiger charge is 1.98. The second-order valence-corrected chi connectivity index (χ2v) is 3.82. The van der Waals surface area contributed by atoms with Crippen LogP contribution in [0.5, 0.6) is 0 Å². The molecule has 0 saturated carbocycles. The lowest BCUT2D eigenvalue weighted by Gasteiger charge is -2.03. The van der Waals surface area contributed by atoms with E-state index in [1.807, 2.05) is 0 Å². The average molecular weight is 150 g/mol. The van der Waals surface area contributed by atoms with E-state index in [1.54, 1.807) is 0 Å². The van der Waals surface area contributed by atoms with Crippen LogP contribution in [0, 0.1) is 5.92 Å². The van der Waals surface area contributed by atoms with E-state index >= 15 is 0 Å². The van der Waals surface area contributed by atoms with Gasteiger partial charge in [-0.3, -0.25) is 0 Å². The maximum Gasteiger partial charge on any atom is 0.164 e. The average Bonchev–Trinajstić information content (AvgIpc) is 1.63. The zero-order valence-corrected chi connectivity index (χ0v) is 6.93. The van der Waals surface area contributed by atoms with E-state index < -0.39 is 8.38 Å². The van der Waals surface area contributed by atoms with Crippen molar-refractivity contribution in [2.75, 3.05) is 6.16 Å². The zero-order chi connectivity index (χ0) is 7.28. The highest BCUT2D eigenvalue weighted by Crippen LogP contribution is 2.24. The van der Waals surface area contributed by atoms with E-state index in [0.717, 1.165) is 12.8 Å². The molecule has 0 bridgehead atoms. The molecule has 2 nitrogen and oxygen atoms in total. The van der Waals surface area contributed by atoms with Crippen LogP contribution in [0.2, 0.25) is 0 Å². The van der Waals surface area contributed by atoms with Gasteiger partial charge < -0.3 is 9.79 Å². The van der Waals surface area contributed by atoms with Crippen molar-refractivity contribution < 1.29 is 9.79 Å². The summed E-state index contributed by atoms with van der Waals surface area (Å²) < 4.78 is 0. The van der Waals surface area contributed by atoms with Crippen LogP contribution in [0.4, 0.5) is 0 Å². The molecule has 56 valence electrons. The van der Waals surface area contributed by atoms with E-state index in [2.05, 4.69) is 13.8 Å². The lowest BCUT2D eigenvalue weighted by atomic mass is 10.1. The Morgan fingerprint density at radius 1 is 1.33 bits per heavy atom. The van der Waals surface area contributed by atoms with Crippen LogP contribution in [0.3, 0.4) is 0 Å². The maximum atomic E-state index is 8.49. The Morgan fingerprint density at radius 3 is 2.22 bits per heavy atom. The Hall–Kier alpha value is 0.350. The maximum absolute atomic E-state index is 8.49. The van der Waals surface area contributed by atoms with Gasteiger partial charge >= 0.3 is 0 Å². The summed E-state index contributed by atoms with van der Waals surface area (Å²) >= 11 is 0. The molecule has 0 radical (unpaired) electrons. The molecule has 2 N–H and O–H groups in total. The first-order valence-corrected chi connectivity index (χ1v) is 4.71. The number of hydrogen-bond acceptors (Lipinski definition) is 2. The molecule has 0 aromatic heterocycles. The smallest absolute Gasteiger partial charge is 0.164 e. The third-order valence-electron chi connectivity index (χ3n) is 1.14. The van der Waals surface area contributed by atoms with Crippen LogP contribution in [-0.4, -0.2) is 15.9 Å². The first-order valence-electron chi connectivity index (χ1n) is 3.28. The molecule has 0 aliphatic rings. The first-order chi connectivity index (χ1) is 4.13. The zero-order valence-electron chi connectivity index (χ0n) is 6.04. The van der Waals surface area contributed by atoms with Gasteiger partial charge in [-0.1, -0.05) is 20.3 Å². The van der Waals surface area contributed by atoms with Crippen molar-refractivity contribution in [2.45, 2.75) is 26.7 Å². The molecule has 0 aromatic rings. The molecule has 0 spiro atoms. The summed E-state index contributed by atoms with van der Waals surface area (Å²) in [6.07, 6.45) is 2.61. The van der Waals surface area contributed by atoms with Crippen molar-refractivity contribution in [1.82, 2.24) is 0 Å². The minimum absolute atomic E-state index is 0.577. The normalized spacial score (nSPS) is 11.3. The molecule has 0 aromatic carbocycles. The standard InChI is InChI=1S/C6H15O2P/c1-6(2)4-3-5-9(7)8/h6-8H,3-5H2,1-2H3. The lowest BCUT2D eigenvalue weighted by Crippen LogP contribution is -1.89. The lowest BCUT2D eigenvalue weighted by molar-refractivity contribution is 0.474. The van der Waals surface area contributed by atoms with Gasteiger partial charge in [-0.15, -0.1) is 0 Å². The summed E-state index contributed by atoms with van der Waals surface area (Å²) in [6.45, 7) is 4.27. The van der Waals surface area contributed by atoms with Gasteiger partial charge in [0, 0.05) is 6.16 Å². The minimum Gasteiger partial charge on any atom is -0.350 e. The van der Waals surface area contributed by atoms with E-state index in [1.165, 1.54) is 0 Å². The fourth-order valence-electron chi connectivity index (χ4n) is 0.641. The number of hydrogen-bond donors (Lipinski definition) is 2. The van der Waals surface area contributed by atoms with E-state index in [0.29, 0.717) is 12.1 Å². The Labute approximate surface area is 57.8 Å². The van der Waals surface area contributed by atoms with Crippen molar-refractivity contribution in [3.8, 4) is 0 Å². The first kappa shape index (κ1) is 9.35. The van der Waals surface area contributed by atoms with E-state index in [9.17, 15) is 0 Å². The molecule has 0 rings (SSSR count). The SMILES string of the molecule is CC(C)CCCP(O)O. The Bertz CT molecular complexity index is 56.1. The highest BCUT2D eigenvalue weighted by atomic mass is 31.2.